The van der Waals surface area contributed by atoms with E-state index in [4.69, 9.17) is 22.9 Å². The Balaban J connectivity index is 0.000000231. The van der Waals surface area contributed by atoms with Crippen LogP contribution in [-0.2, 0) is 0 Å². The van der Waals surface area contributed by atoms with Crippen LogP contribution in [0.2, 0.25) is 0 Å². The molecule has 4 heteroatoms. The largest absolute Gasteiger partial charge is 0.313 e. The molecule has 1 atom stereocenters. The molecule has 1 unspecified atom stereocenters. The molecule has 0 spiro atoms. The monoisotopic (exact) mass is 326 g/mol. The lowest BCUT2D eigenvalue weighted by molar-refractivity contribution is 0.0556. The summed E-state index contributed by atoms with van der Waals surface area (Å²) in [5.74, 6) is 0.783. The van der Waals surface area contributed by atoms with Gasteiger partial charge in [-0.3, -0.25) is 0 Å². The number of nitrogens with two attached hydrogens (primary N) is 4. The predicted octanol–water partition coefficient (Wildman–Crippen LogP) is 3.43. The van der Waals surface area contributed by atoms with Crippen molar-refractivity contribution in [3.05, 3.63) is 0 Å². The Morgan fingerprint density at radius 2 is 1.35 bits per heavy atom. The van der Waals surface area contributed by atoms with Crippen LogP contribution >= 0.6 is 0 Å². The van der Waals surface area contributed by atoms with Gasteiger partial charge in [-0.1, -0.05) is 47.5 Å². The van der Waals surface area contributed by atoms with Gasteiger partial charge in [-0.25, -0.2) is 0 Å². The van der Waals surface area contributed by atoms with Gasteiger partial charge >= 0.3 is 0 Å². The summed E-state index contributed by atoms with van der Waals surface area (Å²) in [5, 5.41) is 0. The third-order valence-electron chi connectivity index (χ3n) is 7.01. The third-order valence-corrected chi connectivity index (χ3v) is 7.01. The summed E-state index contributed by atoms with van der Waals surface area (Å²) in [5.41, 5.74) is 23.8. The van der Waals surface area contributed by atoms with Crippen molar-refractivity contribution in [3.8, 4) is 0 Å². The van der Waals surface area contributed by atoms with Gasteiger partial charge in [0.25, 0.3) is 0 Å². The fourth-order valence-electron chi connectivity index (χ4n) is 4.63. The van der Waals surface area contributed by atoms with Crippen LogP contribution in [0.5, 0.6) is 0 Å². The van der Waals surface area contributed by atoms with Gasteiger partial charge in [0.2, 0.25) is 0 Å². The molecule has 0 radical (unpaired) electrons. The lowest BCUT2D eigenvalue weighted by Gasteiger charge is -2.49. The fraction of sp³-hybridized carbons (Fsp3) is 1.00. The van der Waals surface area contributed by atoms with Gasteiger partial charge in [0.15, 0.2) is 0 Å². The summed E-state index contributed by atoms with van der Waals surface area (Å²) in [7, 11) is 0. The summed E-state index contributed by atoms with van der Waals surface area (Å²) >= 11 is 0. The minimum atomic E-state index is -0.445. The van der Waals surface area contributed by atoms with Gasteiger partial charge in [0.05, 0.1) is 11.3 Å². The van der Waals surface area contributed by atoms with Gasteiger partial charge in [-0.05, 0) is 56.3 Å². The van der Waals surface area contributed by atoms with Gasteiger partial charge in [0, 0.05) is 5.41 Å². The zero-order valence-electron chi connectivity index (χ0n) is 16.3. The van der Waals surface area contributed by atoms with Crippen LogP contribution in [0.25, 0.3) is 0 Å². The maximum atomic E-state index is 6.16. The molecule has 4 nitrogen and oxygen atoms in total. The van der Waals surface area contributed by atoms with Crippen LogP contribution in [0.15, 0.2) is 0 Å². The average molecular weight is 327 g/mol. The Morgan fingerprint density at radius 1 is 0.826 bits per heavy atom. The first-order chi connectivity index (χ1) is 10.4. The van der Waals surface area contributed by atoms with Crippen molar-refractivity contribution < 1.29 is 0 Å². The second kappa shape index (κ2) is 7.38. The quantitative estimate of drug-likeness (QED) is 0.583. The van der Waals surface area contributed by atoms with Gasteiger partial charge < -0.3 is 22.9 Å². The maximum Gasteiger partial charge on any atom is 0.0694 e. The molecule has 138 valence electrons. The molecule has 0 heterocycles. The zero-order valence-corrected chi connectivity index (χ0v) is 16.3. The van der Waals surface area contributed by atoms with E-state index in [9.17, 15) is 0 Å². The minimum absolute atomic E-state index is 0.102. The molecule has 0 saturated heterocycles. The Bertz CT molecular complexity index is 370. The predicted molar refractivity (Wildman–Crippen MR) is 100 cm³/mol. The topological polar surface area (TPSA) is 104 Å². The van der Waals surface area contributed by atoms with Crippen LogP contribution in [0, 0.1) is 16.7 Å². The summed E-state index contributed by atoms with van der Waals surface area (Å²) < 4.78 is 0. The summed E-state index contributed by atoms with van der Waals surface area (Å²) in [4.78, 5) is 0. The van der Waals surface area contributed by atoms with E-state index >= 15 is 0 Å². The minimum Gasteiger partial charge on any atom is -0.313 e. The van der Waals surface area contributed by atoms with Crippen molar-refractivity contribution in [1.82, 2.24) is 0 Å². The van der Waals surface area contributed by atoms with Crippen molar-refractivity contribution in [1.29, 1.82) is 0 Å². The highest BCUT2D eigenvalue weighted by Crippen LogP contribution is 2.45. The summed E-state index contributed by atoms with van der Waals surface area (Å²) in [6, 6.07) is 0. The Labute approximate surface area is 144 Å². The van der Waals surface area contributed by atoms with Crippen LogP contribution in [-0.4, -0.2) is 11.3 Å². The molecule has 0 aromatic rings. The average Bonchev–Trinajstić information content (AvgIpc) is 2.44. The van der Waals surface area contributed by atoms with E-state index in [-0.39, 0.29) is 10.8 Å². The number of hydrogen-bond acceptors (Lipinski definition) is 4. The molecular weight excluding hydrogens is 284 g/mol. The molecule has 2 fully saturated rings. The Hall–Kier alpha value is -0.160. The van der Waals surface area contributed by atoms with Crippen molar-refractivity contribution in [3.63, 3.8) is 0 Å². The van der Waals surface area contributed by atoms with Crippen molar-refractivity contribution in [2.75, 3.05) is 0 Å². The van der Waals surface area contributed by atoms with E-state index in [1.807, 2.05) is 0 Å². The molecule has 2 saturated carbocycles. The summed E-state index contributed by atoms with van der Waals surface area (Å²) in [6.45, 7) is 11.0. The molecule has 0 aromatic heterocycles. The lowest BCUT2D eigenvalue weighted by Crippen LogP contribution is -2.63. The zero-order chi connectivity index (χ0) is 17.9. The van der Waals surface area contributed by atoms with Crippen molar-refractivity contribution >= 4 is 0 Å². The molecule has 0 bridgehead atoms. The molecule has 2 aliphatic carbocycles. The van der Waals surface area contributed by atoms with E-state index in [2.05, 4.69) is 34.6 Å². The normalized spacial score (nSPS) is 30.9. The second-order valence-electron chi connectivity index (χ2n) is 9.01. The van der Waals surface area contributed by atoms with Gasteiger partial charge in [-0.15, -0.1) is 0 Å². The van der Waals surface area contributed by atoms with E-state index in [1.165, 1.54) is 25.7 Å². The molecule has 0 aliphatic heterocycles. The molecular formula is C19H42N4. The van der Waals surface area contributed by atoms with E-state index in [1.54, 1.807) is 0 Å². The SMILES string of the molecule is CC1CCC(N)(N)C(C)(C)C1.CCC1(CC)CCCCC1(N)N. The molecule has 8 N–H and O–H groups in total. The smallest absolute Gasteiger partial charge is 0.0694 e. The fourth-order valence-corrected chi connectivity index (χ4v) is 4.63. The van der Waals surface area contributed by atoms with E-state index in [0.717, 1.165) is 38.0 Å². The van der Waals surface area contributed by atoms with E-state index in [0.29, 0.717) is 0 Å². The third kappa shape index (κ3) is 4.47. The first kappa shape index (κ1) is 20.9. The highest BCUT2D eigenvalue weighted by atomic mass is 15.0. The first-order valence-corrected chi connectivity index (χ1v) is 9.58. The van der Waals surface area contributed by atoms with Crippen LogP contribution in [0.1, 0.15) is 92.4 Å². The number of rotatable bonds is 2. The number of hydrogen-bond donors (Lipinski definition) is 4. The van der Waals surface area contributed by atoms with Crippen molar-refractivity contribution in [2.45, 2.75) is 104 Å². The van der Waals surface area contributed by atoms with Crippen LogP contribution in [0.3, 0.4) is 0 Å². The molecule has 0 aromatic carbocycles. The highest BCUT2D eigenvalue weighted by molar-refractivity contribution is 4.99. The Morgan fingerprint density at radius 3 is 1.70 bits per heavy atom. The lowest BCUT2D eigenvalue weighted by atomic mass is 9.63. The first-order valence-electron chi connectivity index (χ1n) is 9.58. The van der Waals surface area contributed by atoms with Crippen LogP contribution in [0.4, 0.5) is 0 Å². The van der Waals surface area contributed by atoms with Crippen LogP contribution < -0.4 is 22.9 Å². The molecule has 2 aliphatic rings. The molecule has 2 rings (SSSR count). The molecule has 23 heavy (non-hydrogen) atoms. The van der Waals surface area contributed by atoms with E-state index < -0.39 is 11.3 Å². The maximum absolute atomic E-state index is 6.16. The standard InChI is InChI=1S/C10H22N2.C9H20N2/c1-3-9(4-2)7-5-6-8-10(9,11)12;1-7-4-5-9(10,11)8(2,3)6-7/h3-8,11-12H2,1-2H3;7H,4-6,10-11H2,1-3H3. The molecule has 0 amide bonds. The highest BCUT2D eigenvalue weighted by Gasteiger charge is 2.45. The van der Waals surface area contributed by atoms with Gasteiger partial charge in [-0.2, -0.15) is 0 Å². The van der Waals surface area contributed by atoms with Crippen molar-refractivity contribution in [2.24, 2.45) is 39.7 Å². The second-order valence-corrected chi connectivity index (χ2v) is 9.01. The van der Waals surface area contributed by atoms with Gasteiger partial charge in [0.1, 0.15) is 0 Å². The Kier molecular flexibility index (Phi) is 6.70. The summed E-state index contributed by atoms with van der Waals surface area (Å²) in [6.07, 6.45) is 10.2.